The molecule has 0 bridgehead atoms. The minimum Gasteiger partial charge on any atom is -0.198 e. The highest BCUT2D eigenvalue weighted by molar-refractivity contribution is 5.06. The number of hydrogen-bond donors (Lipinski definition) is 0. The lowest BCUT2D eigenvalue weighted by Gasteiger charge is -2.43. The fraction of sp³-hybridized carbons (Fsp3) is 0.900. The van der Waals surface area contributed by atoms with Gasteiger partial charge in [-0.05, 0) is 25.2 Å². The van der Waals surface area contributed by atoms with E-state index < -0.39 is 0 Å². The molecule has 0 aliphatic heterocycles. The molecule has 0 aromatic carbocycles. The van der Waals surface area contributed by atoms with Crippen LogP contribution in [0.2, 0.25) is 0 Å². The third-order valence-corrected chi connectivity index (χ3v) is 3.47. The van der Waals surface area contributed by atoms with Gasteiger partial charge >= 0.3 is 0 Å². The van der Waals surface area contributed by atoms with Crippen LogP contribution in [-0.4, -0.2) is 0 Å². The van der Waals surface area contributed by atoms with Gasteiger partial charge in [0.15, 0.2) is 0 Å². The predicted octanol–water partition coefficient (Wildman–Crippen LogP) is 3.12. The first-order chi connectivity index (χ1) is 5.02. The number of hydrogen-bond acceptors (Lipinski definition) is 1. The van der Waals surface area contributed by atoms with Gasteiger partial charge in [0.2, 0.25) is 0 Å². The molecule has 62 valence electrons. The Morgan fingerprint density at radius 1 is 1.09 bits per heavy atom. The first kappa shape index (κ1) is 8.59. The van der Waals surface area contributed by atoms with E-state index in [2.05, 4.69) is 26.8 Å². The van der Waals surface area contributed by atoms with Crippen LogP contribution in [0.25, 0.3) is 0 Å². The standard InChI is InChI=1S/C10H17N/c1-9(2)6-4-5-7-10(9,3)8-11/h4-7H2,1-3H3. The van der Waals surface area contributed by atoms with Crippen molar-refractivity contribution in [3.63, 3.8) is 0 Å². The Labute approximate surface area is 69.4 Å². The minimum atomic E-state index is -0.0781. The zero-order valence-corrected chi connectivity index (χ0v) is 7.78. The maximum absolute atomic E-state index is 9.04. The fourth-order valence-electron chi connectivity index (χ4n) is 1.87. The predicted molar refractivity (Wildman–Crippen MR) is 46.0 cm³/mol. The van der Waals surface area contributed by atoms with E-state index in [9.17, 15) is 0 Å². The molecule has 1 unspecified atom stereocenters. The molecule has 1 heteroatoms. The Balaban J connectivity index is 2.85. The lowest BCUT2D eigenvalue weighted by atomic mass is 9.59. The lowest BCUT2D eigenvalue weighted by molar-refractivity contribution is 0.0879. The van der Waals surface area contributed by atoms with Crippen molar-refractivity contribution < 1.29 is 0 Å². The van der Waals surface area contributed by atoms with E-state index >= 15 is 0 Å². The lowest BCUT2D eigenvalue weighted by Crippen LogP contribution is -2.36. The SMILES string of the molecule is CC1(C)CCCCC1(C)C#N. The normalized spacial score (nSPS) is 36.2. The van der Waals surface area contributed by atoms with Crippen molar-refractivity contribution in [3.8, 4) is 6.07 Å². The van der Waals surface area contributed by atoms with Crippen molar-refractivity contribution in [1.82, 2.24) is 0 Å². The average Bonchev–Trinajstić information content (AvgIpc) is 1.95. The molecule has 0 aromatic heterocycles. The molecule has 0 spiro atoms. The van der Waals surface area contributed by atoms with E-state index in [1.807, 2.05) is 0 Å². The summed E-state index contributed by atoms with van der Waals surface area (Å²) in [6.07, 6.45) is 4.81. The zero-order chi connectivity index (χ0) is 8.54. The summed E-state index contributed by atoms with van der Waals surface area (Å²) >= 11 is 0. The summed E-state index contributed by atoms with van der Waals surface area (Å²) in [6, 6.07) is 2.47. The molecule has 1 atom stereocenters. The van der Waals surface area contributed by atoms with Crippen LogP contribution in [0.15, 0.2) is 0 Å². The topological polar surface area (TPSA) is 23.8 Å². The second-order valence-corrected chi connectivity index (χ2v) is 4.53. The van der Waals surface area contributed by atoms with Crippen LogP contribution in [0.3, 0.4) is 0 Å². The van der Waals surface area contributed by atoms with Crippen LogP contribution in [0.5, 0.6) is 0 Å². The Bertz CT molecular complexity index is 188. The monoisotopic (exact) mass is 151 g/mol. The van der Waals surface area contributed by atoms with Crippen LogP contribution >= 0.6 is 0 Å². The molecule has 1 aliphatic rings. The smallest absolute Gasteiger partial charge is 0.0692 e. The minimum absolute atomic E-state index is 0.0781. The van der Waals surface area contributed by atoms with Gasteiger partial charge in [-0.3, -0.25) is 0 Å². The summed E-state index contributed by atoms with van der Waals surface area (Å²) in [5, 5.41) is 9.04. The van der Waals surface area contributed by atoms with Gasteiger partial charge in [-0.2, -0.15) is 5.26 Å². The van der Waals surface area contributed by atoms with Crippen molar-refractivity contribution in [3.05, 3.63) is 0 Å². The zero-order valence-electron chi connectivity index (χ0n) is 7.78. The highest BCUT2D eigenvalue weighted by atomic mass is 14.5. The molecule has 1 nitrogen and oxygen atoms in total. The van der Waals surface area contributed by atoms with E-state index in [1.54, 1.807) is 0 Å². The Kier molecular flexibility index (Phi) is 1.96. The summed E-state index contributed by atoms with van der Waals surface area (Å²) < 4.78 is 0. The maximum atomic E-state index is 9.04. The van der Waals surface area contributed by atoms with E-state index in [-0.39, 0.29) is 10.8 Å². The molecule has 0 heterocycles. The van der Waals surface area contributed by atoms with E-state index in [0.717, 1.165) is 6.42 Å². The number of nitriles is 1. The number of nitrogens with zero attached hydrogens (tertiary/aromatic N) is 1. The molecule has 0 radical (unpaired) electrons. The van der Waals surface area contributed by atoms with Crippen molar-refractivity contribution in [2.45, 2.75) is 46.5 Å². The summed E-state index contributed by atoms with van der Waals surface area (Å²) in [7, 11) is 0. The second-order valence-electron chi connectivity index (χ2n) is 4.53. The van der Waals surface area contributed by atoms with Gasteiger partial charge in [-0.25, -0.2) is 0 Å². The summed E-state index contributed by atoms with van der Waals surface area (Å²) in [4.78, 5) is 0. The van der Waals surface area contributed by atoms with Gasteiger partial charge in [0, 0.05) is 0 Å². The summed E-state index contributed by atoms with van der Waals surface area (Å²) in [5.74, 6) is 0. The Morgan fingerprint density at radius 3 is 2.00 bits per heavy atom. The first-order valence-corrected chi connectivity index (χ1v) is 4.43. The molecule has 1 rings (SSSR count). The van der Waals surface area contributed by atoms with E-state index in [1.165, 1.54) is 19.3 Å². The molecule has 0 aromatic rings. The van der Waals surface area contributed by atoms with Gasteiger partial charge in [0.05, 0.1) is 11.5 Å². The quantitative estimate of drug-likeness (QED) is 0.522. The van der Waals surface area contributed by atoms with Gasteiger partial charge in [0.25, 0.3) is 0 Å². The van der Waals surface area contributed by atoms with Crippen molar-refractivity contribution >= 4 is 0 Å². The Hall–Kier alpha value is -0.510. The summed E-state index contributed by atoms with van der Waals surface area (Å²) in [5.41, 5.74) is 0.144. The number of rotatable bonds is 0. The van der Waals surface area contributed by atoms with E-state index in [0.29, 0.717) is 0 Å². The van der Waals surface area contributed by atoms with Crippen LogP contribution in [0.1, 0.15) is 46.5 Å². The van der Waals surface area contributed by atoms with Crippen molar-refractivity contribution in [1.29, 1.82) is 5.26 Å². The Morgan fingerprint density at radius 2 is 1.64 bits per heavy atom. The molecule has 1 fully saturated rings. The molecule has 0 saturated heterocycles. The molecule has 0 amide bonds. The van der Waals surface area contributed by atoms with E-state index in [4.69, 9.17) is 5.26 Å². The molecular weight excluding hydrogens is 134 g/mol. The summed E-state index contributed by atoms with van der Waals surface area (Å²) in [6.45, 7) is 6.54. The van der Waals surface area contributed by atoms with Crippen molar-refractivity contribution in [2.24, 2.45) is 10.8 Å². The van der Waals surface area contributed by atoms with Crippen LogP contribution in [-0.2, 0) is 0 Å². The highest BCUT2D eigenvalue weighted by Gasteiger charge is 2.42. The van der Waals surface area contributed by atoms with Gasteiger partial charge < -0.3 is 0 Å². The van der Waals surface area contributed by atoms with Gasteiger partial charge in [0.1, 0.15) is 0 Å². The van der Waals surface area contributed by atoms with Gasteiger partial charge in [-0.15, -0.1) is 0 Å². The van der Waals surface area contributed by atoms with Crippen LogP contribution < -0.4 is 0 Å². The molecule has 1 saturated carbocycles. The third kappa shape index (κ3) is 1.27. The highest BCUT2D eigenvalue weighted by Crippen LogP contribution is 2.49. The fourth-order valence-corrected chi connectivity index (χ4v) is 1.87. The third-order valence-electron chi connectivity index (χ3n) is 3.47. The van der Waals surface area contributed by atoms with Gasteiger partial charge in [-0.1, -0.05) is 26.7 Å². The largest absolute Gasteiger partial charge is 0.198 e. The maximum Gasteiger partial charge on any atom is 0.0692 e. The molecule has 11 heavy (non-hydrogen) atoms. The van der Waals surface area contributed by atoms with Crippen molar-refractivity contribution in [2.75, 3.05) is 0 Å². The molecule has 1 aliphatic carbocycles. The van der Waals surface area contributed by atoms with Crippen LogP contribution in [0.4, 0.5) is 0 Å². The van der Waals surface area contributed by atoms with Crippen LogP contribution in [0, 0.1) is 22.2 Å². The molecular formula is C10H17N. The first-order valence-electron chi connectivity index (χ1n) is 4.43. The molecule has 0 N–H and O–H groups in total. The average molecular weight is 151 g/mol. The second kappa shape index (κ2) is 2.52.